The van der Waals surface area contributed by atoms with E-state index in [2.05, 4.69) is 0 Å². The van der Waals surface area contributed by atoms with E-state index in [4.69, 9.17) is 0 Å². The number of hydrogen-bond acceptors (Lipinski definition) is 8. The Morgan fingerprint density at radius 3 is 1.71 bits per heavy atom. The fourth-order valence-corrected chi connectivity index (χ4v) is 6.18. The van der Waals surface area contributed by atoms with Gasteiger partial charge in [-0.25, -0.2) is 0 Å². The molecule has 0 saturated heterocycles. The van der Waals surface area contributed by atoms with Crippen molar-refractivity contribution in [2.75, 3.05) is 0 Å². The molecule has 1 saturated carbocycles. The van der Waals surface area contributed by atoms with Gasteiger partial charge < -0.3 is 0 Å². The maximum absolute atomic E-state index is 13.9. The Labute approximate surface area is 160 Å². The zero-order chi connectivity index (χ0) is 21.9. The summed E-state index contributed by atoms with van der Waals surface area (Å²) >= 11 is 0. The molecule has 1 fully saturated rings. The van der Waals surface area contributed by atoms with Crippen LogP contribution in [0.4, 0.5) is 11.7 Å². The van der Waals surface area contributed by atoms with Crippen molar-refractivity contribution in [3.63, 3.8) is 0 Å². The Hall–Kier alpha value is -1.54. The van der Waals surface area contributed by atoms with Crippen molar-refractivity contribution in [3.8, 4) is 0 Å². The van der Waals surface area contributed by atoms with Gasteiger partial charge in [0.25, 0.3) is 0 Å². The highest BCUT2D eigenvalue weighted by molar-refractivity contribution is 7.92. The second-order valence-electron chi connectivity index (χ2n) is 7.39. The second kappa shape index (κ2) is 6.76. The fraction of sp³-hybridized carbons (Fsp3) is 0.571. The molecule has 158 valence electrons. The molecule has 0 heterocycles. The molecule has 0 aromatic heterocycles. The molecule has 0 spiro atoms. The molecule has 2 aliphatic rings. The van der Waals surface area contributed by atoms with Crippen molar-refractivity contribution in [3.05, 3.63) is 22.0 Å². The summed E-state index contributed by atoms with van der Waals surface area (Å²) < 4.78 is 109. The molecule has 0 bridgehead atoms. The molecule has 0 radical (unpaired) electrons. The summed E-state index contributed by atoms with van der Waals surface area (Å²) in [5.74, 6) is -6.38. The summed E-state index contributed by atoms with van der Waals surface area (Å²) in [5, 5.41) is -2.77. The molecule has 0 amide bonds. The lowest BCUT2D eigenvalue weighted by Gasteiger charge is -2.38. The summed E-state index contributed by atoms with van der Waals surface area (Å²) in [6.07, 6.45) is -0.672. The second-order valence-corrected chi connectivity index (χ2v) is 11.6. The van der Waals surface area contributed by atoms with Crippen LogP contribution in [0.1, 0.15) is 26.7 Å². The zero-order valence-electron chi connectivity index (χ0n) is 14.4. The quantitative estimate of drug-likeness (QED) is 0.447. The van der Waals surface area contributed by atoms with E-state index in [1.54, 1.807) is 0 Å². The standard InChI is InChI=1S/C14H15F3O8S3/c1-14(2)5-8(18)12(9(19)6-14)13-10(27(16,22)23)3-7(26(15,20)21)4-11(13)28(17,24)25/h3-4,10,12-13H,5-6H2,1-2H3. The van der Waals surface area contributed by atoms with Gasteiger partial charge in [-0.3, -0.25) is 9.59 Å². The third kappa shape index (κ3) is 4.54. The van der Waals surface area contributed by atoms with Gasteiger partial charge in [-0.15, -0.1) is 11.7 Å². The minimum atomic E-state index is -5.93. The number of carbonyl (C=O) groups is 2. The summed E-state index contributed by atoms with van der Waals surface area (Å²) in [6.45, 7) is 3.05. The average molecular weight is 464 g/mol. The molecular weight excluding hydrogens is 449 g/mol. The smallest absolute Gasteiger partial charge is 0.299 e. The monoisotopic (exact) mass is 464 g/mol. The SMILES string of the molecule is CC1(C)CC(=O)C(C2C(S(=O)(=O)F)=CC(S(=O)(=O)F)=CC2S(=O)(=O)F)C(=O)C1. The van der Waals surface area contributed by atoms with E-state index in [1.165, 1.54) is 13.8 Å². The number of carbonyl (C=O) groups excluding carboxylic acids is 2. The largest absolute Gasteiger partial charge is 0.331 e. The van der Waals surface area contributed by atoms with Gasteiger partial charge in [-0.05, 0) is 17.6 Å². The van der Waals surface area contributed by atoms with Crippen LogP contribution in [0.25, 0.3) is 0 Å². The van der Waals surface area contributed by atoms with Gasteiger partial charge in [0.1, 0.15) is 16.8 Å². The van der Waals surface area contributed by atoms with Crippen LogP contribution in [0.3, 0.4) is 0 Å². The molecule has 0 aromatic rings. The first kappa shape index (κ1) is 22.7. The van der Waals surface area contributed by atoms with Crippen molar-refractivity contribution in [1.29, 1.82) is 0 Å². The Morgan fingerprint density at radius 1 is 0.893 bits per heavy atom. The van der Waals surface area contributed by atoms with E-state index in [0.29, 0.717) is 0 Å². The van der Waals surface area contributed by atoms with Gasteiger partial charge >= 0.3 is 30.7 Å². The molecule has 2 aliphatic carbocycles. The number of Topliss-reactive ketones (excluding diaryl/α,β-unsaturated/α-hetero) is 2. The summed E-state index contributed by atoms with van der Waals surface area (Å²) in [6, 6.07) is 0. The average Bonchev–Trinajstić information content (AvgIpc) is 2.41. The van der Waals surface area contributed by atoms with Gasteiger partial charge in [-0.1, -0.05) is 13.8 Å². The van der Waals surface area contributed by atoms with Gasteiger partial charge in [0.05, 0.1) is 15.7 Å². The van der Waals surface area contributed by atoms with Gasteiger partial charge in [0, 0.05) is 18.8 Å². The normalized spacial score (nSPS) is 27.3. The van der Waals surface area contributed by atoms with Crippen LogP contribution in [0, 0.1) is 17.3 Å². The van der Waals surface area contributed by atoms with Gasteiger partial charge in [0.15, 0.2) is 0 Å². The van der Waals surface area contributed by atoms with Gasteiger partial charge in [0.2, 0.25) is 0 Å². The lowest BCUT2D eigenvalue weighted by Crippen LogP contribution is -2.48. The topological polar surface area (TPSA) is 137 Å². The fourth-order valence-electron chi connectivity index (χ4n) is 3.51. The molecule has 14 heteroatoms. The van der Waals surface area contributed by atoms with Crippen molar-refractivity contribution < 1.29 is 46.5 Å². The van der Waals surface area contributed by atoms with E-state index in [0.717, 1.165) is 0 Å². The zero-order valence-corrected chi connectivity index (χ0v) is 16.9. The Balaban J connectivity index is 2.79. The third-order valence-corrected chi connectivity index (χ3v) is 7.39. The predicted octanol–water partition coefficient (Wildman–Crippen LogP) is 1.22. The molecule has 2 atom stereocenters. The van der Waals surface area contributed by atoms with E-state index in [9.17, 15) is 46.5 Å². The lowest BCUT2D eigenvalue weighted by molar-refractivity contribution is -0.141. The summed E-state index contributed by atoms with van der Waals surface area (Å²) in [4.78, 5) is 21.6. The highest BCUT2D eigenvalue weighted by Gasteiger charge is 2.53. The van der Waals surface area contributed by atoms with E-state index in [-0.39, 0.29) is 25.0 Å². The first-order valence-corrected chi connectivity index (χ1v) is 11.9. The maximum Gasteiger partial charge on any atom is 0.331 e. The van der Waals surface area contributed by atoms with Crippen LogP contribution in [-0.2, 0) is 40.3 Å². The molecule has 2 unspecified atom stereocenters. The van der Waals surface area contributed by atoms with Crippen LogP contribution in [0.2, 0.25) is 0 Å². The lowest BCUT2D eigenvalue weighted by atomic mass is 9.67. The predicted molar refractivity (Wildman–Crippen MR) is 90.0 cm³/mol. The third-order valence-electron chi connectivity index (χ3n) is 4.54. The van der Waals surface area contributed by atoms with E-state index >= 15 is 0 Å². The minimum absolute atomic E-state index is 0.0182. The van der Waals surface area contributed by atoms with Crippen LogP contribution < -0.4 is 0 Å². The highest BCUT2D eigenvalue weighted by atomic mass is 32.3. The molecule has 2 rings (SSSR count). The molecule has 8 nitrogen and oxygen atoms in total. The van der Waals surface area contributed by atoms with E-state index < -0.39 is 74.5 Å². The van der Waals surface area contributed by atoms with Crippen molar-refractivity contribution in [2.24, 2.45) is 17.3 Å². The van der Waals surface area contributed by atoms with Crippen LogP contribution in [0.15, 0.2) is 22.0 Å². The van der Waals surface area contributed by atoms with E-state index in [1.807, 2.05) is 0 Å². The number of ketones is 2. The Bertz CT molecular complexity index is 1090. The molecule has 0 N–H and O–H groups in total. The summed E-state index contributed by atoms with van der Waals surface area (Å²) in [7, 11) is -17.6. The first-order chi connectivity index (χ1) is 12.3. The number of allylic oxidation sites excluding steroid dienone is 2. The summed E-state index contributed by atoms with van der Waals surface area (Å²) in [5.41, 5.74) is -0.856. The van der Waals surface area contributed by atoms with Crippen molar-refractivity contribution in [1.82, 2.24) is 0 Å². The Morgan fingerprint density at radius 2 is 1.36 bits per heavy atom. The molecule has 28 heavy (non-hydrogen) atoms. The molecule has 0 aliphatic heterocycles. The van der Waals surface area contributed by atoms with Crippen LogP contribution in [0.5, 0.6) is 0 Å². The molecular formula is C14H15F3O8S3. The van der Waals surface area contributed by atoms with Crippen molar-refractivity contribution >= 4 is 42.2 Å². The highest BCUT2D eigenvalue weighted by Crippen LogP contribution is 2.45. The minimum Gasteiger partial charge on any atom is -0.299 e. The molecule has 0 aromatic carbocycles. The number of halogens is 3. The van der Waals surface area contributed by atoms with Crippen LogP contribution in [-0.4, -0.2) is 42.1 Å². The first-order valence-electron chi connectivity index (χ1n) is 7.66. The van der Waals surface area contributed by atoms with Crippen LogP contribution >= 0.6 is 0 Å². The number of rotatable bonds is 4. The van der Waals surface area contributed by atoms with Gasteiger partial charge in [-0.2, -0.15) is 25.3 Å². The Kier molecular flexibility index (Phi) is 5.49. The van der Waals surface area contributed by atoms with Crippen molar-refractivity contribution in [2.45, 2.75) is 31.9 Å². The maximum atomic E-state index is 13.9. The number of hydrogen-bond donors (Lipinski definition) is 0.